The van der Waals surface area contributed by atoms with Crippen LogP contribution in [0.25, 0.3) is 0 Å². The molecule has 94 valence electrons. The predicted octanol–water partition coefficient (Wildman–Crippen LogP) is 0.977. The molecular weight excluding hydrogens is 240 g/mol. The topological polar surface area (TPSA) is 64.3 Å². The Morgan fingerprint density at radius 3 is 2.82 bits per heavy atom. The number of nitrogens with zero attached hydrogens (tertiary/aromatic N) is 3. The number of aromatic nitrogens is 2. The van der Waals surface area contributed by atoms with Gasteiger partial charge in [-0.3, -0.25) is 4.90 Å². The van der Waals surface area contributed by atoms with E-state index in [1.807, 2.05) is 0 Å². The third kappa shape index (κ3) is 3.52. The lowest BCUT2D eigenvalue weighted by Crippen LogP contribution is -2.37. The molecule has 5 nitrogen and oxygen atoms in total. The highest BCUT2D eigenvalue weighted by Crippen LogP contribution is 2.18. The number of ether oxygens (including phenoxy) is 1. The average Bonchev–Trinajstić information content (AvgIpc) is 2.34. The van der Waals surface area contributed by atoms with Crippen molar-refractivity contribution in [3.63, 3.8) is 0 Å². The molecule has 0 radical (unpaired) electrons. The fraction of sp³-hybridized carbons (Fsp3) is 0.636. The first-order valence-electron chi connectivity index (χ1n) is 5.82. The van der Waals surface area contributed by atoms with Crippen molar-refractivity contribution < 1.29 is 4.74 Å². The molecule has 2 heterocycles. The van der Waals surface area contributed by atoms with Crippen molar-refractivity contribution in [3.8, 4) is 0 Å². The fourth-order valence-electron chi connectivity index (χ4n) is 1.94. The number of nitrogens with two attached hydrogens (primary N) is 1. The maximum atomic E-state index is 5.99. The highest BCUT2D eigenvalue weighted by atomic mass is 35.5. The van der Waals surface area contributed by atoms with Gasteiger partial charge in [-0.15, -0.1) is 0 Å². The summed E-state index contributed by atoms with van der Waals surface area (Å²) in [5, 5.41) is 0.472. The third-order valence-electron chi connectivity index (χ3n) is 2.93. The summed E-state index contributed by atoms with van der Waals surface area (Å²) in [5.74, 6) is 0.493. The number of anilines is 1. The molecule has 1 aliphatic heterocycles. The third-order valence-corrected chi connectivity index (χ3v) is 3.26. The Morgan fingerprint density at radius 2 is 2.12 bits per heavy atom. The summed E-state index contributed by atoms with van der Waals surface area (Å²) < 4.78 is 5.30. The van der Waals surface area contributed by atoms with Gasteiger partial charge in [0.2, 0.25) is 0 Å². The normalized spacial score (nSPS) is 17.2. The summed E-state index contributed by atoms with van der Waals surface area (Å²) in [7, 11) is 0. The van der Waals surface area contributed by atoms with Crippen LogP contribution in [0.1, 0.15) is 12.0 Å². The van der Waals surface area contributed by atoms with Gasteiger partial charge >= 0.3 is 0 Å². The summed E-state index contributed by atoms with van der Waals surface area (Å²) in [6.07, 6.45) is 3.23. The van der Waals surface area contributed by atoms with Crippen molar-refractivity contribution in [1.29, 1.82) is 0 Å². The lowest BCUT2D eigenvalue weighted by molar-refractivity contribution is 0.0375. The molecule has 0 bridgehead atoms. The van der Waals surface area contributed by atoms with Gasteiger partial charge < -0.3 is 10.5 Å². The zero-order valence-electron chi connectivity index (χ0n) is 9.73. The number of rotatable bonds is 4. The zero-order chi connectivity index (χ0) is 12.1. The second-order valence-electron chi connectivity index (χ2n) is 4.09. The van der Waals surface area contributed by atoms with E-state index in [0.717, 1.165) is 51.3 Å². The van der Waals surface area contributed by atoms with E-state index < -0.39 is 0 Å². The Morgan fingerprint density at radius 1 is 1.35 bits per heavy atom. The average molecular weight is 257 g/mol. The molecule has 0 unspecified atom stereocenters. The first kappa shape index (κ1) is 12.5. The standard InChI is InChI=1S/C11H17ClN4O/c12-10-9(11(13)15-8-14-10)2-1-3-16-4-6-17-7-5-16/h8H,1-7H2,(H2,13,14,15). The van der Waals surface area contributed by atoms with E-state index in [1.165, 1.54) is 6.33 Å². The quantitative estimate of drug-likeness (QED) is 0.814. The number of nitrogen functional groups attached to an aromatic ring is 1. The Balaban J connectivity index is 1.81. The summed E-state index contributed by atoms with van der Waals surface area (Å²) in [6.45, 7) is 4.71. The monoisotopic (exact) mass is 256 g/mol. The maximum absolute atomic E-state index is 5.99. The molecule has 1 aromatic heterocycles. The van der Waals surface area contributed by atoms with Gasteiger partial charge in [-0.05, 0) is 19.4 Å². The molecule has 1 aromatic rings. The minimum atomic E-state index is 0.472. The Labute approximate surface area is 106 Å². The Hall–Kier alpha value is -0.910. The van der Waals surface area contributed by atoms with Gasteiger partial charge in [-0.1, -0.05) is 11.6 Å². The Bertz CT molecular complexity index is 348. The van der Waals surface area contributed by atoms with Crippen molar-refractivity contribution in [2.75, 3.05) is 38.6 Å². The minimum Gasteiger partial charge on any atom is -0.383 e. The molecule has 6 heteroatoms. The molecule has 0 atom stereocenters. The van der Waals surface area contributed by atoms with Crippen LogP contribution in [0.3, 0.4) is 0 Å². The van der Waals surface area contributed by atoms with Crippen LogP contribution in [-0.4, -0.2) is 47.7 Å². The van der Waals surface area contributed by atoms with Crippen molar-refractivity contribution in [2.24, 2.45) is 0 Å². The number of hydrogen-bond acceptors (Lipinski definition) is 5. The molecule has 1 saturated heterocycles. The SMILES string of the molecule is Nc1ncnc(Cl)c1CCCN1CCOCC1. The summed E-state index contributed by atoms with van der Waals surface area (Å²) in [6, 6.07) is 0. The van der Waals surface area contributed by atoms with Gasteiger partial charge in [0.1, 0.15) is 17.3 Å². The van der Waals surface area contributed by atoms with E-state index in [0.29, 0.717) is 11.0 Å². The predicted molar refractivity (Wildman–Crippen MR) is 67.0 cm³/mol. The van der Waals surface area contributed by atoms with Gasteiger partial charge in [-0.2, -0.15) is 0 Å². The first-order valence-corrected chi connectivity index (χ1v) is 6.20. The molecule has 17 heavy (non-hydrogen) atoms. The largest absolute Gasteiger partial charge is 0.383 e. The van der Waals surface area contributed by atoms with Gasteiger partial charge in [-0.25, -0.2) is 9.97 Å². The first-order chi connectivity index (χ1) is 8.27. The van der Waals surface area contributed by atoms with E-state index in [1.54, 1.807) is 0 Å². The van der Waals surface area contributed by atoms with Crippen LogP contribution in [0.2, 0.25) is 5.15 Å². The van der Waals surface area contributed by atoms with Crippen LogP contribution in [0.5, 0.6) is 0 Å². The highest BCUT2D eigenvalue weighted by Gasteiger charge is 2.11. The molecule has 0 saturated carbocycles. The van der Waals surface area contributed by atoms with E-state index in [-0.39, 0.29) is 0 Å². The lowest BCUT2D eigenvalue weighted by atomic mass is 10.1. The fourth-order valence-corrected chi connectivity index (χ4v) is 2.17. The van der Waals surface area contributed by atoms with Crippen LogP contribution in [-0.2, 0) is 11.2 Å². The van der Waals surface area contributed by atoms with Crippen LogP contribution in [0, 0.1) is 0 Å². The van der Waals surface area contributed by atoms with Gasteiger partial charge in [0.15, 0.2) is 0 Å². The van der Waals surface area contributed by atoms with E-state index in [4.69, 9.17) is 22.1 Å². The van der Waals surface area contributed by atoms with Crippen LogP contribution in [0.4, 0.5) is 5.82 Å². The van der Waals surface area contributed by atoms with E-state index in [2.05, 4.69) is 14.9 Å². The molecule has 0 amide bonds. The molecule has 0 aromatic carbocycles. The van der Waals surface area contributed by atoms with Crippen molar-refractivity contribution in [3.05, 3.63) is 17.0 Å². The van der Waals surface area contributed by atoms with E-state index >= 15 is 0 Å². The zero-order valence-corrected chi connectivity index (χ0v) is 10.5. The molecule has 0 aliphatic carbocycles. The second kappa shape index (κ2) is 6.14. The van der Waals surface area contributed by atoms with Gasteiger partial charge in [0, 0.05) is 18.7 Å². The van der Waals surface area contributed by atoms with Crippen molar-refractivity contribution >= 4 is 17.4 Å². The molecule has 1 aliphatic rings. The molecule has 1 fully saturated rings. The number of halogens is 1. The van der Waals surface area contributed by atoms with Crippen LogP contribution < -0.4 is 5.73 Å². The van der Waals surface area contributed by atoms with Crippen molar-refractivity contribution in [2.45, 2.75) is 12.8 Å². The van der Waals surface area contributed by atoms with Gasteiger partial charge in [0.25, 0.3) is 0 Å². The van der Waals surface area contributed by atoms with Gasteiger partial charge in [0.05, 0.1) is 13.2 Å². The van der Waals surface area contributed by atoms with E-state index in [9.17, 15) is 0 Å². The number of morpholine rings is 1. The summed E-state index contributed by atoms with van der Waals surface area (Å²) >= 11 is 5.99. The number of hydrogen-bond donors (Lipinski definition) is 1. The maximum Gasteiger partial charge on any atom is 0.137 e. The summed E-state index contributed by atoms with van der Waals surface area (Å²) in [4.78, 5) is 10.3. The smallest absolute Gasteiger partial charge is 0.137 e. The highest BCUT2D eigenvalue weighted by molar-refractivity contribution is 6.30. The molecule has 0 spiro atoms. The molecule has 2 rings (SSSR count). The lowest BCUT2D eigenvalue weighted by Gasteiger charge is -2.26. The van der Waals surface area contributed by atoms with Crippen LogP contribution >= 0.6 is 11.6 Å². The summed E-state index contributed by atoms with van der Waals surface area (Å²) in [5.41, 5.74) is 6.63. The van der Waals surface area contributed by atoms with Crippen LogP contribution in [0.15, 0.2) is 6.33 Å². The van der Waals surface area contributed by atoms with Crippen molar-refractivity contribution in [1.82, 2.24) is 14.9 Å². The minimum absolute atomic E-state index is 0.472. The molecular formula is C11H17ClN4O. The molecule has 2 N–H and O–H groups in total. The Kier molecular flexibility index (Phi) is 4.53. The second-order valence-corrected chi connectivity index (χ2v) is 4.44.